The molecule has 1 fully saturated rings. The highest BCUT2D eigenvalue weighted by atomic mass is 16.3. The summed E-state index contributed by atoms with van der Waals surface area (Å²) in [5, 5.41) is 14.1. The fraction of sp³-hybridized carbons (Fsp3) is 0.550. The first-order valence-corrected chi connectivity index (χ1v) is 9.21. The molecule has 0 saturated heterocycles. The Balaban J connectivity index is 1.53. The van der Waals surface area contributed by atoms with Crippen molar-refractivity contribution < 1.29 is 9.90 Å². The van der Waals surface area contributed by atoms with Crippen LogP contribution in [0.4, 0.5) is 0 Å². The lowest BCUT2D eigenvalue weighted by molar-refractivity contribution is 0.0917. The van der Waals surface area contributed by atoms with Crippen LogP contribution >= 0.6 is 0 Å². The van der Waals surface area contributed by atoms with E-state index in [1.165, 1.54) is 23.1 Å². The molecule has 4 nitrogen and oxygen atoms in total. The maximum atomic E-state index is 12.5. The Labute approximate surface area is 142 Å². The third-order valence-corrected chi connectivity index (χ3v) is 5.84. The van der Waals surface area contributed by atoms with Crippen LogP contribution in [0.15, 0.2) is 18.2 Å². The average molecular weight is 326 g/mol. The van der Waals surface area contributed by atoms with E-state index in [0.29, 0.717) is 12.5 Å². The largest absolute Gasteiger partial charge is 0.393 e. The average Bonchev–Trinajstić information content (AvgIpc) is 3.15. The van der Waals surface area contributed by atoms with Crippen molar-refractivity contribution in [3.05, 3.63) is 35.0 Å². The number of aliphatic hydroxyl groups excluding tert-OH is 1. The predicted molar refractivity (Wildman–Crippen MR) is 95.2 cm³/mol. The number of carbonyl (C=O) groups is 1. The minimum absolute atomic E-state index is 0.0326. The first kappa shape index (κ1) is 15.7. The molecule has 0 radical (unpaired) electrons. The molecule has 4 heteroatoms. The molecular weight excluding hydrogens is 300 g/mol. The second-order valence-corrected chi connectivity index (χ2v) is 7.66. The second-order valence-electron chi connectivity index (χ2n) is 7.66. The number of nitrogens with one attached hydrogen (secondary N) is 2. The Bertz CT molecular complexity index is 764. The smallest absolute Gasteiger partial charge is 0.251 e. The summed E-state index contributed by atoms with van der Waals surface area (Å²) in [6, 6.07) is 5.95. The van der Waals surface area contributed by atoms with Crippen molar-refractivity contribution in [2.75, 3.05) is 6.54 Å². The second kappa shape index (κ2) is 6.25. The summed E-state index contributed by atoms with van der Waals surface area (Å²) >= 11 is 0. The van der Waals surface area contributed by atoms with Crippen LogP contribution in [-0.2, 0) is 12.8 Å². The zero-order valence-electron chi connectivity index (χ0n) is 14.3. The first-order chi connectivity index (χ1) is 11.6. The van der Waals surface area contributed by atoms with E-state index in [1.807, 2.05) is 18.2 Å². The molecule has 0 aliphatic heterocycles. The first-order valence-electron chi connectivity index (χ1n) is 9.21. The van der Waals surface area contributed by atoms with Gasteiger partial charge in [0, 0.05) is 34.6 Å². The van der Waals surface area contributed by atoms with Crippen molar-refractivity contribution >= 4 is 16.8 Å². The van der Waals surface area contributed by atoms with Gasteiger partial charge in [-0.25, -0.2) is 0 Å². The maximum Gasteiger partial charge on any atom is 0.251 e. The number of aromatic amines is 1. The quantitative estimate of drug-likeness (QED) is 0.811. The van der Waals surface area contributed by atoms with E-state index in [1.54, 1.807) is 0 Å². The fourth-order valence-electron chi connectivity index (χ4n) is 4.31. The monoisotopic (exact) mass is 326 g/mol. The van der Waals surface area contributed by atoms with Gasteiger partial charge in [-0.15, -0.1) is 0 Å². The van der Waals surface area contributed by atoms with Gasteiger partial charge in [-0.2, -0.15) is 0 Å². The SMILES string of the molecule is CC1CCc2[nH]c3ccc(C(=O)NCC4CCCC4O)cc3c2C1. The lowest BCUT2D eigenvalue weighted by atomic mass is 9.87. The van der Waals surface area contributed by atoms with Crippen molar-refractivity contribution in [2.24, 2.45) is 11.8 Å². The number of aromatic nitrogens is 1. The number of carbonyl (C=O) groups excluding carboxylic acids is 1. The highest BCUT2D eigenvalue weighted by Crippen LogP contribution is 2.32. The van der Waals surface area contributed by atoms with Gasteiger partial charge in [0.15, 0.2) is 0 Å². The molecule has 1 saturated carbocycles. The number of fused-ring (bicyclic) bond motifs is 3. The third kappa shape index (κ3) is 2.84. The predicted octanol–water partition coefficient (Wildman–Crippen LogP) is 3.18. The van der Waals surface area contributed by atoms with Crippen molar-refractivity contribution in [1.29, 1.82) is 0 Å². The number of aryl methyl sites for hydroxylation is 1. The van der Waals surface area contributed by atoms with Gasteiger partial charge >= 0.3 is 0 Å². The van der Waals surface area contributed by atoms with E-state index in [9.17, 15) is 9.90 Å². The summed E-state index contributed by atoms with van der Waals surface area (Å²) in [6.45, 7) is 2.87. The number of aliphatic hydroxyl groups is 1. The molecule has 2 aliphatic carbocycles. The zero-order valence-corrected chi connectivity index (χ0v) is 14.3. The molecule has 4 rings (SSSR count). The number of rotatable bonds is 3. The van der Waals surface area contributed by atoms with Crippen LogP contribution in [0.5, 0.6) is 0 Å². The Hall–Kier alpha value is -1.81. The number of H-pyrrole nitrogens is 1. The van der Waals surface area contributed by atoms with E-state index >= 15 is 0 Å². The van der Waals surface area contributed by atoms with Gasteiger partial charge in [-0.1, -0.05) is 13.3 Å². The van der Waals surface area contributed by atoms with Gasteiger partial charge in [-0.05, 0) is 61.8 Å². The lowest BCUT2D eigenvalue weighted by Gasteiger charge is -2.18. The molecule has 2 aromatic rings. The van der Waals surface area contributed by atoms with Gasteiger partial charge in [-0.3, -0.25) is 4.79 Å². The Kier molecular flexibility index (Phi) is 4.09. The summed E-state index contributed by atoms with van der Waals surface area (Å²) in [5.74, 6) is 0.881. The standard InChI is InChI=1S/C20H26N2O2/c1-12-5-7-17-15(9-12)16-10-13(6-8-18(16)22-17)20(24)21-11-14-3-2-4-19(14)23/h6,8,10,12,14,19,22-23H,2-5,7,9,11H2,1H3,(H,21,24). The van der Waals surface area contributed by atoms with E-state index in [2.05, 4.69) is 17.2 Å². The minimum atomic E-state index is -0.258. The highest BCUT2D eigenvalue weighted by molar-refractivity contribution is 5.99. The van der Waals surface area contributed by atoms with E-state index in [4.69, 9.17) is 0 Å². The summed E-state index contributed by atoms with van der Waals surface area (Å²) < 4.78 is 0. The van der Waals surface area contributed by atoms with Crippen LogP contribution in [0.2, 0.25) is 0 Å². The zero-order chi connectivity index (χ0) is 16.7. The third-order valence-electron chi connectivity index (χ3n) is 5.84. The summed E-state index contributed by atoms with van der Waals surface area (Å²) in [7, 11) is 0. The van der Waals surface area contributed by atoms with Gasteiger partial charge in [0.25, 0.3) is 5.91 Å². The van der Waals surface area contributed by atoms with Crippen molar-refractivity contribution in [2.45, 2.75) is 51.6 Å². The van der Waals surface area contributed by atoms with Crippen LogP contribution in [0, 0.1) is 11.8 Å². The molecule has 128 valence electrons. The van der Waals surface area contributed by atoms with E-state index < -0.39 is 0 Å². The van der Waals surface area contributed by atoms with Crippen molar-refractivity contribution in [1.82, 2.24) is 10.3 Å². The molecule has 3 atom stereocenters. The number of amides is 1. The molecular formula is C20H26N2O2. The highest BCUT2D eigenvalue weighted by Gasteiger charge is 2.26. The Morgan fingerprint density at radius 3 is 3.00 bits per heavy atom. The number of hydrogen-bond donors (Lipinski definition) is 3. The summed E-state index contributed by atoms with van der Waals surface area (Å²) in [5.41, 5.74) is 4.59. The van der Waals surface area contributed by atoms with Crippen molar-refractivity contribution in [3.8, 4) is 0 Å². The van der Waals surface area contributed by atoms with Gasteiger partial charge in [0.1, 0.15) is 0 Å². The minimum Gasteiger partial charge on any atom is -0.393 e. The molecule has 1 aromatic heterocycles. The van der Waals surface area contributed by atoms with Crippen LogP contribution < -0.4 is 5.32 Å². The van der Waals surface area contributed by atoms with Gasteiger partial charge in [0.05, 0.1) is 6.10 Å². The maximum absolute atomic E-state index is 12.5. The normalized spacial score (nSPS) is 26.5. The molecule has 1 aromatic carbocycles. The van der Waals surface area contributed by atoms with Gasteiger partial charge in [0.2, 0.25) is 0 Å². The Morgan fingerprint density at radius 2 is 2.21 bits per heavy atom. The van der Waals surface area contributed by atoms with Crippen molar-refractivity contribution in [3.63, 3.8) is 0 Å². The van der Waals surface area contributed by atoms with Crippen LogP contribution in [0.1, 0.15) is 54.2 Å². The van der Waals surface area contributed by atoms with E-state index in [0.717, 1.165) is 43.2 Å². The summed E-state index contributed by atoms with van der Waals surface area (Å²) in [6.07, 6.45) is 6.09. The molecule has 0 bridgehead atoms. The van der Waals surface area contributed by atoms with Crippen LogP contribution in [0.25, 0.3) is 10.9 Å². The topological polar surface area (TPSA) is 65.1 Å². The number of hydrogen-bond acceptors (Lipinski definition) is 2. The lowest BCUT2D eigenvalue weighted by Crippen LogP contribution is -2.32. The molecule has 2 aliphatic rings. The molecule has 3 unspecified atom stereocenters. The van der Waals surface area contributed by atoms with Crippen LogP contribution in [0.3, 0.4) is 0 Å². The molecule has 24 heavy (non-hydrogen) atoms. The van der Waals surface area contributed by atoms with Gasteiger partial charge < -0.3 is 15.4 Å². The van der Waals surface area contributed by atoms with E-state index in [-0.39, 0.29) is 17.9 Å². The summed E-state index contributed by atoms with van der Waals surface area (Å²) in [4.78, 5) is 16.0. The molecule has 1 amide bonds. The van der Waals surface area contributed by atoms with Crippen LogP contribution in [-0.4, -0.2) is 28.6 Å². The molecule has 1 heterocycles. The Morgan fingerprint density at radius 1 is 1.33 bits per heavy atom. The molecule has 0 spiro atoms. The molecule has 3 N–H and O–H groups in total. The number of benzene rings is 1. The fourth-order valence-corrected chi connectivity index (χ4v) is 4.31.